The number of carbonyl (C=O) groups excluding carboxylic acids is 3. The van der Waals surface area contributed by atoms with Crippen LogP contribution in [0.3, 0.4) is 0 Å². The average molecular weight is 472 g/mol. The van der Waals surface area contributed by atoms with Gasteiger partial charge in [0.1, 0.15) is 17.4 Å². The maximum Gasteiger partial charge on any atom is 0.411 e. The summed E-state index contributed by atoms with van der Waals surface area (Å²) in [4.78, 5) is 40.5. The Morgan fingerprint density at radius 1 is 1.21 bits per heavy atom. The van der Waals surface area contributed by atoms with Crippen molar-refractivity contribution in [2.75, 3.05) is 19.7 Å². The van der Waals surface area contributed by atoms with Gasteiger partial charge in [-0.15, -0.1) is 0 Å². The van der Waals surface area contributed by atoms with E-state index in [2.05, 4.69) is 10.6 Å². The van der Waals surface area contributed by atoms with Crippen molar-refractivity contribution in [1.82, 2.24) is 15.5 Å². The quantitative estimate of drug-likeness (QED) is 0.563. The maximum absolute atomic E-state index is 13.1. The third kappa shape index (κ3) is 5.88. The smallest absolute Gasteiger partial charge is 0.411 e. The predicted molar refractivity (Wildman–Crippen MR) is 125 cm³/mol. The van der Waals surface area contributed by atoms with Crippen LogP contribution in [0, 0.1) is 0 Å². The monoisotopic (exact) mass is 471 g/mol. The highest BCUT2D eigenvalue weighted by Gasteiger charge is 2.42. The highest BCUT2D eigenvalue weighted by Crippen LogP contribution is 2.25. The second-order valence-corrected chi connectivity index (χ2v) is 9.89. The molecule has 3 amide bonds. The Bertz CT molecular complexity index is 956. The van der Waals surface area contributed by atoms with E-state index in [-0.39, 0.29) is 37.0 Å². The number of para-hydroxylation sites is 1. The van der Waals surface area contributed by atoms with Gasteiger partial charge in [0.15, 0.2) is 0 Å². The van der Waals surface area contributed by atoms with Crippen LogP contribution in [0.2, 0.25) is 0 Å². The summed E-state index contributed by atoms with van der Waals surface area (Å²) in [6.07, 6.45) is 4.80. The van der Waals surface area contributed by atoms with Crippen LogP contribution in [0.1, 0.15) is 50.4 Å². The summed E-state index contributed by atoms with van der Waals surface area (Å²) in [6, 6.07) is 5.89. The van der Waals surface area contributed by atoms with Gasteiger partial charge in [0.05, 0.1) is 24.4 Å². The summed E-state index contributed by atoms with van der Waals surface area (Å²) in [5, 5.41) is 5.88. The van der Waals surface area contributed by atoms with Crippen molar-refractivity contribution in [1.29, 1.82) is 0 Å². The van der Waals surface area contributed by atoms with E-state index in [1.54, 1.807) is 39.0 Å². The van der Waals surface area contributed by atoms with Gasteiger partial charge in [0.25, 0.3) is 5.91 Å². The molecule has 3 heterocycles. The van der Waals surface area contributed by atoms with E-state index in [0.717, 1.165) is 6.42 Å². The summed E-state index contributed by atoms with van der Waals surface area (Å²) in [7, 11) is 0. The van der Waals surface area contributed by atoms with E-state index in [4.69, 9.17) is 14.2 Å². The number of fused-ring (bicyclic) bond motifs is 5. The number of rotatable bonds is 0. The molecule has 3 aliphatic rings. The fraction of sp³-hybridized carbons (Fsp3) is 0.560. The number of benzene rings is 1. The Balaban J connectivity index is 1.59. The van der Waals surface area contributed by atoms with Crippen LogP contribution >= 0.6 is 0 Å². The first-order chi connectivity index (χ1) is 16.2. The minimum absolute atomic E-state index is 0.0464. The third-order valence-corrected chi connectivity index (χ3v) is 5.99. The molecule has 4 atom stereocenters. The Labute approximate surface area is 199 Å². The van der Waals surface area contributed by atoms with Gasteiger partial charge in [-0.3, -0.25) is 14.5 Å². The molecule has 9 nitrogen and oxygen atoms in total. The van der Waals surface area contributed by atoms with Crippen molar-refractivity contribution in [2.45, 2.75) is 69.9 Å². The van der Waals surface area contributed by atoms with Gasteiger partial charge in [-0.2, -0.15) is 0 Å². The molecule has 0 aromatic heterocycles. The number of nitrogens with zero attached hydrogens (tertiary/aromatic N) is 1. The molecule has 4 bridgehead atoms. The summed E-state index contributed by atoms with van der Waals surface area (Å²) in [5.74, 6) is -0.112. The molecule has 2 N–H and O–H groups in total. The van der Waals surface area contributed by atoms with Crippen molar-refractivity contribution in [2.24, 2.45) is 0 Å². The minimum Gasteiger partial charge on any atom is -0.493 e. The van der Waals surface area contributed by atoms with E-state index < -0.39 is 23.8 Å². The van der Waals surface area contributed by atoms with Crippen LogP contribution in [0.5, 0.6) is 5.75 Å². The Morgan fingerprint density at radius 2 is 2.00 bits per heavy atom. The van der Waals surface area contributed by atoms with Crippen molar-refractivity contribution < 1.29 is 28.6 Å². The average Bonchev–Trinajstić information content (AvgIpc) is 3.20. The summed E-state index contributed by atoms with van der Waals surface area (Å²) in [6.45, 7) is 6.19. The molecule has 4 rings (SSSR count). The number of likely N-dealkylation sites (tertiary alicyclic amines) is 1. The van der Waals surface area contributed by atoms with Crippen LogP contribution in [0.4, 0.5) is 4.79 Å². The lowest BCUT2D eigenvalue weighted by atomic mass is 10.1. The standard InChI is InChI=1S/C25H33N3O6/c1-25(2,3)34-24(31)28-15-16-13-20(28)23(30)26-14-18-8-6-7-17(33-18)11-12-32-21-10-5-4-9-19(21)22(29)27-16/h4-6,8-10,16-18,20H,7,11-15H2,1-3H3,(H,26,30)(H,27,29)/t16-,17+,18+,20+/m1/s1. The fourth-order valence-electron chi connectivity index (χ4n) is 4.41. The normalized spacial score (nSPS) is 27.8. The molecule has 1 aromatic rings. The van der Waals surface area contributed by atoms with E-state index in [1.165, 1.54) is 4.90 Å². The molecule has 0 radical (unpaired) electrons. The Kier molecular flexibility index (Phi) is 7.11. The number of hydrogen-bond donors (Lipinski definition) is 2. The van der Waals surface area contributed by atoms with Crippen LogP contribution < -0.4 is 15.4 Å². The molecular weight excluding hydrogens is 438 g/mol. The summed E-state index contributed by atoms with van der Waals surface area (Å²) < 4.78 is 17.6. The van der Waals surface area contributed by atoms with Crippen LogP contribution in [-0.2, 0) is 14.3 Å². The topological polar surface area (TPSA) is 106 Å². The van der Waals surface area contributed by atoms with Crippen molar-refractivity contribution in [3.63, 3.8) is 0 Å². The van der Waals surface area contributed by atoms with Gasteiger partial charge >= 0.3 is 6.09 Å². The lowest BCUT2D eigenvalue weighted by molar-refractivity contribution is -0.126. The van der Waals surface area contributed by atoms with E-state index in [9.17, 15) is 14.4 Å². The fourth-order valence-corrected chi connectivity index (χ4v) is 4.41. The third-order valence-electron chi connectivity index (χ3n) is 5.99. The summed E-state index contributed by atoms with van der Waals surface area (Å²) in [5.41, 5.74) is -0.297. The zero-order valence-corrected chi connectivity index (χ0v) is 19.9. The molecule has 184 valence electrons. The molecule has 1 fully saturated rings. The minimum atomic E-state index is -0.761. The molecule has 0 unspecified atom stereocenters. The van der Waals surface area contributed by atoms with E-state index in [0.29, 0.717) is 30.9 Å². The van der Waals surface area contributed by atoms with Gasteiger partial charge < -0.3 is 24.8 Å². The van der Waals surface area contributed by atoms with Gasteiger partial charge in [-0.05, 0) is 45.7 Å². The largest absolute Gasteiger partial charge is 0.493 e. The lowest BCUT2D eigenvalue weighted by Gasteiger charge is -2.29. The number of ether oxygens (including phenoxy) is 3. The highest BCUT2D eigenvalue weighted by atomic mass is 16.6. The molecule has 1 aromatic carbocycles. The van der Waals surface area contributed by atoms with Gasteiger partial charge in [-0.25, -0.2) is 4.79 Å². The Hall–Kier alpha value is -3.07. The molecule has 34 heavy (non-hydrogen) atoms. The number of hydrogen-bond acceptors (Lipinski definition) is 6. The molecule has 3 aliphatic heterocycles. The van der Waals surface area contributed by atoms with Gasteiger partial charge in [0.2, 0.25) is 5.91 Å². The van der Waals surface area contributed by atoms with Gasteiger partial charge in [0, 0.05) is 25.6 Å². The zero-order valence-electron chi connectivity index (χ0n) is 19.9. The first-order valence-corrected chi connectivity index (χ1v) is 11.8. The molecule has 0 aliphatic carbocycles. The molecular formula is C25H33N3O6. The lowest BCUT2D eigenvalue weighted by Crippen LogP contribution is -2.49. The highest BCUT2D eigenvalue weighted by molar-refractivity contribution is 5.97. The second-order valence-electron chi connectivity index (χ2n) is 9.89. The van der Waals surface area contributed by atoms with E-state index in [1.807, 2.05) is 18.2 Å². The number of nitrogens with one attached hydrogen (secondary N) is 2. The number of amides is 3. The van der Waals surface area contributed by atoms with Gasteiger partial charge in [-0.1, -0.05) is 24.3 Å². The van der Waals surface area contributed by atoms with E-state index >= 15 is 0 Å². The first kappa shape index (κ1) is 24.1. The van der Waals surface area contributed by atoms with Crippen LogP contribution in [0.25, 0.3) is 0 Å². The first-order valence-electron chi connectivity index (χ1n) is 11.8. The van der Waals surface area contributed by atoms with Crippen molar-refractivity contribution in [3.05, 3.63) is 42.0 Å². The maximum atomic E-state index is 13.1. The summed E-state index contributed by atoms with van der Waals surface area (Å²) >= 11 is 0. The predicted octanol–water partition coefficient (Wildman–Crippen LogP) is 2.41. The SMILES string of the molecule is CC(C)(C)OC(=O)N1C[C@H]2C[C@H]1C(=O)NC[C@@H]1C=CC[C@@H](CCOc3ccccc3C(=O)N2)O1. The molecule has 0 spiro atoms. The van der Waals surface area contributed by atoms with Crippen molar-refractivity contribution >= 4 is 17.9 Å². The van der Waals surface area contributed by atoms with Crippen LogP contribution in [0.15, 0.2) is 36.4 Å². The molecule has 9 heteroatoms. The van der Waals surface area contributed by atoms with Crippen molar-refractivity contribution in [3.8, 4) is 5.75 Å². The number of carbonyl (C=O) groups is 3. The second kappa shape index (κ2) is 10.0. The Morgan fingerprint density at radius 3 is 2.79 bits per heavy atom. The molecule has 0 saturated carbocycles. The zero-order chi connectivity index (χ0) is 24.3. The molecule has 1 saturated heterocycles. The van der Waals surface area contributed by atoms with Crippen LogP contribution in [-0.4, -0.2) is 72.4 Å².